The highest BCUT2D eigenvalue weighted by atomic mass is 16.3. The quantitative estimate of drug-likeness (QED) is 0.536. The second-order valence-electron chi connectivity index (χ2n) is 8.05. The molecule has 5 aliphatic carbocycles. The predicted octanol–water partition coefficient (Wildman–Crippen LogP) is 1.07. The first-order valence-corrected chi connectivity index (χ1v) is 8.95. The van der Waals surface area contributed by atoms with Gasteiger partial charge in [0.1, 0.15) is 0 Å². The third-order valence-corrected chi connectivity index (χ3v) is 7.70. The molecule has 4 nitrogen and oxygen atoms in total. The van der Waals surface area contributed by atoms with Crippen LogP contribution in [0.5, 0.6) is 0 Å². The predicted molar refractivity (Wildman–Crippen MR) is 81.8 cm³/mol. The largest absolute Gasteiger partial charge is 0.387 e. The molecule has 0 radical (unpaired) electrons. The molecule has 0 amide bonds. The summed E-state index contributed by atoms with van der Waals surface area (Å²) >= 11 is 0. The molecule has 21 heavy (non-hydrogen) atoms. The van der Waals surface area contributed by atoms with Gasteiger partial charge in [0.15, 0.2) is 5.96 Å². The summed E-state index contributed by atoms with van der Waals surface area (Å²) in [4.78, 5) is 4.74. The number of nitrogens with zero attached hydrogens (tertiary/aromatic N) is 1. The van der Waals surface area contributed by atoms with E-state index in [0.29, 0.717) is 18.4 Å². The Morgan fingerprint density at radius 1 is 1.00 bits per heavy atom. The molecule has 0 aliphatic heterocycles. The average molecular weight is 289 g/mol. The van der Waals surface area contributed by atoms with Crippen LogP contribution in [-0.4, -0.2) is 36.3 Å². The fourth-order valence-electron chi connectivity index (χ4n) is 7.65. The van der Waals surface area contributed by atoms with Crippen molar-refractivity contribution in [3.05, 3.63) is 0 Å². The zero-order chi connectivity index (χ0) is 14.4. The molecule has 5 aliphatic rings. The highest BCUT2D eigenvalue weighted by molar-refractivity contribution is 5.79. The Balaban J connectivity index is 1.42. The molecule has 2 bridgehead atoms. The van der Waals surface area contributed by atoms with Gasteiger partial charge in [0.05, 0.1) is 12.1 Å². The second kappa shape index (κ2) is 3.95. The molecule has 116 valence electrons. The van der Waals surface area contributed by atoms with E-state index in [0.717, 1.165) is 54.6 Å². The van der Waals surface area contributed by atoms with E-state index < -0.39 is 5.60 Å². The number of hydrogen-bond acceptors (Lipinski definition) is 2. The minimum Gasteiger partial charge on any atom is -0.387 e. The summed E-state index contributed by atoms with van der Waals surface area (Å²) in [5.41, 5.74) is -0.485. The molecule has 0 aromatic carbocycles. The van der Waals surface area contributed by atoms with Crippen LogP contribution in [0.4, 0.5) is 0 Å². The average Bonchev–Trinajstić information content (AvgIpc) is 2.95. The Morgan fingerprint density at radius 3 is 2.38 bits per heavy atom. The fraction of sp³-hybridized carbons (Fsp3) is 0.941. The first-order chi connectivity index (χ1) is 10.2. The van der Waals surface area contributed by atoms with Gasteiger partial charge in [-0.1, -0.05) is 0 Å². The Hall–Kier alpha value is -0.770. The van der Waals surface area contributed by atoms with Crippen molar-refractivity contribution in [1.29, 1.82) is 0 Å². The zero-order valence-electron chi connectivity index (χ0n) is 13.0. The van der Waals surface area contributed by atoms with Crippen LogP contribution in [0.15, 0.2) is 4.99 Å². The van der Waals surface area contributed by atoms with Crippen LogP contribution >= 0.6 is 0 Å². The summed E-state index contributed by atoms with van der Waals surface area (Å²) in [6.45, 7) is 6.53. The Bertz CT molecular complexity index is 492. The topological polar surface area (TPSA) is 56.7 Å². The van der Waals surface area contributed by atoms with E-state index in [9.17, 15) is 5.11 Å². The van der Waals surface area contributed by atoms with E-state index in [2.05, 4.69) is 24.5 Å². The maximum absolute atomic E-state index is 11.5. The van der Waals surface area contributed by atoms with Crippen molar-refractivity contribution in [1.82, 2.24) is 10.6 Å². The second-order valence-corrected chi connectivity index (χ2v) is 8.05. The molecule has 0 heterocycles. The Kier molecular flexibility index (Phi) is 2.40. The molecule has 0 aromatic heterocycles. The van der Waals surface area contributed by atoms with Crippen LogP contribution in [-0.2, 0) is 0 Å². The normalized spacial score (nSPS) is 56.7. The standard InChI is InChI=1S/C17H27N3O/c1-3-18-16(19-4-2)20-7-17(21)14-9-6-10-12-8(9)5-11(14)13(12)15(10)17/h8-15,21H,3-7H2,1-2H3,(H2,18,19,20). The number of aliphatic hydroxyl groups is 1. The fourth-order valence-corrected chi connectivity index (χ4v) is 7.65. The lowest BCUT2D eigenvalue weighted by Crippen LogP contribution is -2.56. The van der Waals surface area contributed by atoms with E-state index in [1.807, 2.05) is 0 Å². The van der Waals surface area contributed by atoms with Gasteiger partial charge < -0.3 is 15.7 Å². The van der Waals surface area contributed by atoms with Crippen LogP contribution in [0.2, 0.25) is 0 Å². The lowest BCUT2D eigenvalue weighted by molar-refractivity contribution is -0.123. The van der Waals surface area contributed by atoms with Crippen LogP contribution in [0, 0.1) is 47.3 Å². The third kappa shape index (κ3) is 1.26. The van der Waals surface area contributed by atoms with Crippen molar-refractivity contribution in [3.63, 3.8) is 0 Å². The number of fused-ring (bicyclic) bond motifs is 2. The summed E-state index contributed by atoms with van der Waals surface area (Å²) in [7, 11) is 0. The van der Waals surface area contributed by atoms with E-state index in [1.54, 1.807) is 0 Å². The van der Waals surface area contributed by atoms with Crippen molar-refractivity contribution >= 4 is 5.96 Å². The first-order valence-electron chi connectivity index (χ1n) is 8.95. The summed E-state index contributed by atoms with van der Waals surface area (Å²) < 4.78 is 0. The summed E-state index contributed by atoms with van der Waals surface area (Å²) in [5, 5.41) is 18.1. The van der Waals surface area contributed by atoms with E-state index >= 15 is 0 Å². The minimum absolute atomic E-state index is 0.485. The van der Waals surface area contributed by atoms with E-state index in [-0.39, 0.29) is 0 Å². The molecule has 0 saturated heterocycles. The number of hydrogen-bond donors (Lipinski definition) is 3. The van der Waals surface area contributed by atoms with E-state index in [4.69, 9.17) is 4.99 Å². The SMILES string of the molecule is CCNC(=NCC1(O)C2C3CC4C5C3CC2C5C41)NCC. The molecule has 3 N–H and O–H groups in total. The van der Waals surface area contributed by atoms with Crippen molar-refractivity contribution in [2.24, 2.45) is 52.3 Å². The molecule has 0 aromatic rings. The lowest BCUT2D eigenvalue weighted by Gasteiger charge is -2.51. The molecule has 5 rings (SSSR count). The number of rotatable bonds is 4. The molecule has 9 unspecified atom stereocenters. The highest BCUT2D eigenvalue weighted by Crippen LogP contribution is 2.85. The molecule has 5 fully saturated rings. The zero-order valence-corrected chi connectivity index (χ0v) is 13.0. The first kappa shape index (κ1) is 12.7. The molecular formula is C17H27N3O. The number of nitrogens with one attached hydrogen (secondary N) is 2. The van der Waals surface area contributed by atoms with Crippen molar-refractivity contribution in [3.8, 4) is 0 Å². The molecule has 9 atom stereocenters. The van der Waals surface area contributed by atoms with Crippen LogP contribution in [0.25, 0.3) is 0 Å². The van der Waals surface area contributed by atoms with Gasteiger partial charge >= 0.3 is 0 Å². The van der Waals surface area contributed by atoms with Gasteiger partial charge in [-0.25, -0.2) is 0 Å². The van der Waals surface area contributed by atoms with Gasteiger partial charge in [0, 0.05) is 13.1 Å². The minimum atomic E-state index is -0.485. The highest BCUT2D eigenvalue weighted by Gasteiger charge is 2.84. The van der Waals surface area contributed by atoms with Gasteiger partial charge in [-0.15, -0.1) is 0 Å². The monoisotopic (exact) mass is 289 g/mol. The lowest BCUT2D eigenvalue weighted by atomic mass is 9.56. The van der Waals surface area contributed by atoms with Crippen molar-refractivity contribution in [2.75, 3.05) is 19.6 Å². The Morgan fingerprint density at radius 2 is 1.67 bits per heavy atom. The summed E-state index contributed by atoms with van der Waals surface area (Å²) in [6, 6.07) is 0. The van der Waals surface area contributed by atoms with Crippen LogP contribution in [0.3, 0.4) is 0 Å². The van der Waals surface area contributed by atoms with Crippen LogP contribution in [0.1, 0.15) is 26.7 Å². The third-order valence-electron chi connectivity index (χ3n) is 7.70. The molecular weight excluding hydrogens is 262 g/mol. The maximum atomic E-state index is 11.5. The van der Waals surface area contributed by atoms with Gasteiger partial charge in [-0.05, 0) is 74.0 Å². The number of guanidine groups is 1. The van der Waals surface area contributed by atoms with Crippen LogP contribution < -0.4 is 10.6 Å². The Labute approximate surface area is 126 Å². The van der Waals surface area contributed by atoms with Gasteiger partial charge in [0.25, 0.3) is 0 Å². The smallest absolute Gasteiger partial charge is 0.191 e. The van der Waals surface area contributed by atoms with Crippen molar-refractivity contribution < 1.29 is 5.11 Å². The van der Waals surface area contributed by atoms with Gasteiger partial charge in [-0.3, -0.25) is 4.99 Å². The molecule has 5 saturated carbocycles. The maximum Gasteiger partial charge on any atom is 0.191 e. The summed E-state index contributed by atoms with van der Waals surface area (Å²) in [6.07, 6.45) is 2.86. The van der Waals surface area contributed by atoms with Gasteiger partial charge in [0.2, 0.25) is 0 Å². The van der Waals surface area contributed by atoms with E-state index in [1.165, 1.54) is 12.8 Å². The van der Waals surface area contributed by atoms with Crippen molar-refractivity contribution in [2.45, 2.75) is 32.3 Å². The van der Waals surface area contributed by atoms with Gasteiger partial charge in [-0.2, -0.15) is 0 Å². The number of aliphatic imine (C=N–C) groups is 1. The molecule has 0 spiro atoms. The summed E-state index contributed by atoms with van der Waals surface area (Å²) in [5.74, 6) is 7.38. The molecule has 4 heteroatoms.